The normalized spacial score (nSPS) is 10.9. The van der Waals surface area contributed by atoms with Gasteiger partial charge in [0.05, 0.1) is 22.5 Å². The fraction of sp³-hybridized carbons (Fsp3) is 0.333. The summed E-state index contributed by atoms with van der Waals surface area (Å²) in [4.78, 5) is 0. The van der Waals surface area contributed by atoms with Crippen molar-refractivity contribution in [1.82, 2.24) is 0 Å². The van der Waals surface area contributed by atoms with Crippen molar-refractivity contribution in [3.63, 3.8) is 0 Å². The van der Waals surface area contributed by atoms with Gasteiger partial charge < -0.3 is 14.8 Å². The van der Waals surface area contributed by atoms with Gasteiger partial charge in [0.1, 0.15) is 5.75 Å². The third-order valence-corrected chi connectivity index (χ3v) is 2.64. The van der Waals surface area contributed by atoms with Gasteiger partial charge >= 0.3 is 29.6 Å². The molecule has 0 unspecified atom stereocenters. The molecule has 5 nitrogen and oxygen atoms in total. The average Bonchev–Trinajstić information content (AvgIpc) is 2.08. The van der Waals surface area contributed by atoms with Crippen LogP contribution in [0.2, 0.25) is 0 Å². The van der Waals surface area contributed by atoms with Gasteiger partial charge in [-0.3, -0.25) is 0 Å². The van der Waals surface area contributed by atoms with Gasteiger partial charge in [0.15, 0.2) is 0 Å². The molecule has 1 aromatic rings. The fourth-order valence-electron chi connectivity index (χ4n) is 1.34. The van der Waals surface area contributed by atoms with E-state index >= 15 is 0 Å². The van der Waals surface area contributed by atoms with E-state index in [2.05, 4.69) is 0 Å². The summed E-state index contributed by atoms with van der Waals surface area (Å²) in [6, 6.07) is 2.71. The smallest absolute Gasteiger partial charge is 0.748 e. The first-order valence-corrected chi connectivity index (χ1v) is 5.77. The second kappa shape index (κ2) is 6.00. The quantitative estimate of drug-likeness (QED) is 0.450. The van der Waals surface area contributed by atoms with Crippen molar-refractivity contribution in [3.8, 4) is 5.75 Å². The van der Waals surface area contributed by atoms with Gasteiger partial charge in [0.2, 0.25) is 0 Å². The van der Waals surface area contributed by atoms with Gasteiger partial charge in [-0.15, -0.1) is 0 Å². The van der Waals surface area contributed by atoms with Crippen LogP contribution in [0.4, 0.5) is 0 Å². The van der Waals surface area contributed by atoms with Crippen LogP contribution in [-0.4, -0.2) is 23.2 Å². The Bertz CT molecular complexity index is 469. The maximum absolute atomic E-state index is 10.5. The molecule has 0 heterocycles. The Morgan fingerprint density at radius 3 is 2.38 bits per heavy atom. The van der Waals surface area contributed by atoms with Crippen molar-refractivity contribution >= 4 is 10.1 Å². The summed E-state index contributed by atoms with van der Waals surface area (Å²) >= 11 is 0. The SMILES string of the molecule is Cc1cc(CS(=O)(=O)[O-])cc(CO)c1O.[Na+]. The molecule has 0 atom stereocenters. The summed E-state index contributed by atoms with van der Waals surface area (Å²) in [5, 5.41) is 18.3. The summed E-state index contributed by atoms with van der Waals surface area (Å²) < 4.78 is 31.5. The van der Waals surface area contributed by atoms with E-state index in [0.29, 0.717) is 5.56 Å². The fourth-order valence-corrected chi connectivity index (χ4v) is 1.92. The summed E-state index contributed by atoms with van der Waals surface area (Å²) in [5.74, 6) is -0.717. The molecular weight excluding hydrogens is 243 g/mol. The molecule has 0 aliphatic carbocycles. The summed E-state index contributed by atoms with van der Waals surface area (Å²) in [6.07, 6.45) is 0. The van der Waals surface area contributed by atoms with Gasteiger partial charge in [0.25, 0.3) is 0 Å². The standard InChI is InChI=1S/C9H12O5S.Na/c1-6-2-7(5-15(12,13)14)3-8(4-10)9(6)11;/h2-3,10-11H,4-5H2,1H3,(H,12,13,14);/q;+1/p-1. The number of aromatic hydroxyl groups is 1. The van der Waals surface area contributed by atoms with Crippen LogP contribution in [-0.2, 0) is 22.5 Å². The van der Waals surface area contributed by atoms with E-state index in [0.717, 1.165) is 0 Å². The molecule has 1 aromatic carbocycles. The molecule has 0 fully saturated rings. The van der Waals surface area contributed by atoms with E-state index in [1.54, 1.807) is 6.92 Å². The molecule has 0 amide bonds. The van der Waals surface area contributed by atoms with Crippen molar-refractivity contribution in [1.29, 1.82) is 0 Å². The van der Waals surface area contributed by atoms with Crippen molar-refractivity contribution in [3.05, 3.63) is 28.8 Å². The summed E-state index contributed by atoms with van der Waals surface area (Å²) in [7, 11) is -4.35. The van der Waals surface area contributed by atoms with Crippen LogP contribution in [0.25, 0.3) is 0 Å². The Morgan fingerprint density at radius 1 is 1.38 bits per heavy atom. The molecule has 0 spiro atoms. The second-order valence-electron chi connectivity index (χ2n) is 3.28. The van der Waals surface area contributed by atoms with E-state index < -0.39 is 22.5 Å². The van der Waals surface area contributed by atoms with Crippen LogP contribution >= 0.6 is 0 Å². The third kappa shape index (κ3) is 4.40. The van der Waals surface area contributed by atoms with Gasteiger partial charge in [0, 0.05) is 5.56 Å². The van der Waals surface area contributed by atoms with Gasteiger partial charge in [-0.25, -0.2) is 8.42 Å². The molecule has 0 aromatic heterocycles. The third-order valence-electron chi connectivity index (χ3n) is 1.95. The molecule has 0 saturated carbocycles. The van der Waals surface area contributed by atoms with Crippen LogP contribution in [0.1, 0.15) is 16.7 Å². The molecule has 0 radical (unpaired) electrons. The predicted molar refractivity (Wildman–Crippen MR) is 52.2 cm³/mol. The molecule has 16 heavy (non-hydrogen) atoms. The minimum atomic E-state index is -4.35. The van der Waals surface area contributed by atoms with Crippen molar-refractivity contribution < 1.29 is 52.7 Å². The first-order chi connectivity index (χ1) is 6.83. The molecule has 0 bridgehead atoms. The Kier molecular flexibility index (Phi) is 5.95. The van der Waals surface area contributed by atoms with Gasteiger partial charge in [-0.2, -0.15) is 0 Å². The Morgan fingerprint density at radius 2 is 1.94 bits per heavy atom. The van der Waals surface area contributed by atoms with E-state index in [1.807, 2.05) is 0 Å². The minimum absolute atomic E-state index is 0. The molecule has 84 valence electrons. The van der Waals surface area contributed by atoms with Crippen molar-refractivity contribution in [2.45, 2.75) is 19.3 Å². The monoisotopic (exact) mass is 254 g/mol. The summed E-state index contributed by atoms with van der Waals surface area (Å²) in [6.45, 7) is 1.16. The number of aliphatic hydroxyl groups excluding tert-OH is 1. The number of aryl methyl sites for hydroxylation is 1. The van der Waals surface area contributed by atoms with Crippen molar-refractivity contribution in [2.24, 2.45) is 0 Å². The van der Waals surface area contributed by atoms with Crippen LogP contribution < -0.4 is 29.6 Å². The number of aliphatic hydroxyl groups is 1. The Balaban J connectivity index is 0.00000225. The number of hydrogen-bond acceptors (Lipinski definition) is 5. The van der Waals surface area contributed by atoms with E-state index in [1.165, 1.54) is 12.1 Å². The predicted octanol–water partition coefficient (Wildman–Crippen LogP) is -2.76. The second-order valence-corrected chi connectivity index (χ2v) is 4.68. The van der Waals surface area contributed by atoms with Crippen LogP contribution in [0, 0.1) is 6.92 Å². The zero-order valence-electron chi connectivity index (χ0n) is 9.10. The number of rotatable bonds is 3. The number of hydrogen-bond donors (Lipinski definition) is 2. The van der Waals surface area contributed by atoms with E-state index in [-0.39, 0.29) is 46.4 Å². The average molecular weight is 254 g/mol. The maximum atomic E-state index is 10.5. The molecule has 0 saturated heterocycles. The maximum Gasteiger partial charge on any atom is 1.00 e. The first kappa shape index (κ1) is 15.9. The van der Waals surface area contributed by atoms with Gasteiger partial charge in [-0.1, -0.05) is 6.07 Å². The largest absolute Gasteiger partial charge is 1.00 e. The molecule has 7 heteroatoms. The Hall–Kier alpha value is -0.110. The van der Waals surface area contributed by atoms with Crippen LogP contribution in [0.5, 0.6) is 5.75 Å². The molecule has 0 aliphatic rings. The zero-order valence-corrected chi connectivity index (χ0v) is 11.9. The van der Waals surface area contributed by atoms with Crippen LogP contribution in [0.15, 0.2) is 12.1 Å². The molecule has 1 rings (SSSR count). The van der Waals surface area contributed by atoms with E-state index in [4.69, 9.17) is 5.11 Å². The van der Waals surface area contributed by atoms with Gasteiger partial charge in [-0.05, 0) is 24.1 Å². The Labute approximate surface area is 116 Å². The molecule has 2 N–H and O–H groups in total. The molecular formula is C9H11NaO5S. The first-order valence-electron chi connectivity index (χ1n) is 4.19. The topological polar surface area (TPSA) is 97.7 Å². The van der Waals surface area contributed by atoms with E-state index in [9.17, 15) is 18.1 Å². The minimum Gasteiger partial charge on any atom is -0.748 e. The molecule has 0 aliphatic heterocycles. The van der Waals surface area contributed by atoms with Crippen LogP contribution in [0.3, 0.4) is 0 Å². The summed E-state index contributed by atoms with van der Waals surface area (Å²) in [5.41, 5.74) is 0.915. The van der Waals surface area contributed by atoms with Crippen molar-refractivity contribution in [2.75, 3.05) is 0 Å². The number of phenols is 1. The zero-order chi connectivity index (χ0) is 11.6. The number of benzene rings is 1.